The van der Waals surface area contributed by atoms with E-state index >= 15 is 0 Å². The molecular formula is C25H42O12. The molecule has 0 aromatic carbocycles. The van der Waals surface area contributed by atoms with Gasteiger partial charge < -0.3 is 44.1 Å². The Morgan fingerprint density at radius 1 is 0.703 bits per heavy atom. The fourth-order valence-corrected chi connectivity index (χ4v) is 2.12. The maximum absolute atomic E-state index is 10.8. The predicted molar refractivity (Wildman–Crippen MR) is 133 cm³/mol. The molecule has 0 amide bonds. The van der Waals surface area contributed by atoms with Crippen LogP contribution in [0.1, 0.15) is 32.6 Å². The second-order valence-electron chi connectivity index (χ2n) is 7.76. The Kier molecular flexibility index (Phi) is 24.7. The average Bonchev–Trinajstić information content (AvgIpc) is 2.89. The SMILES string of the molecule is C=C(C)C(=O)OCC(O)CO.C=CC(=O)OCC(O)COCCCCCCOCC(O)COC(=O)C=C. The molecule has 12 heteroatoms. The summed E-state index contributed by atoms with van der Waals surface area (Å²) in [7, 11) is 0. The van der Waals surface area contributed by atoms with Gasteiger partial charge in [0.1, 0.15) is 38.1 Å². The zero-order valence-corrected chi connectivity index (χ0v) is 21.5. The van der Waals surface area contributed by atoms with Crippen LogP contribution in [0.2, 0.25) is 0 Å². The number of aliphatic hydroxyl groups is 4. The van der Waals surface area contributed by atoms with Crippen molar-refractivity contribution < 1.29 is 58.5 Å². The van der Waals surface area contributed by atoms with Gasteiger partial charge in [-0.2, -0.15) is 0 Å². The third-order valence-electron chi connectivity index (χ3n) is 4.08. The van der Waals surface area contributed by atoms with E-state index in [4.69, 9.17) is 19.7 Å². The van der Waals surface area contributed by atoms with Crippen molar-refractivity contribution >= 4 is 17.9 Å². The first-order valence-corrected chi connectivity index (χ1v) is 11.8. The number of hydrogen-bond acceptors (Lipinski definition) is 12. The van der Waals surface area contributed by atoms with Crippen LogP contribution in [0.25, 0.3) is 0 Å². The van der Waals surface area contributed by atoms with Crippen molar-refractivity contribution in [2.24, 2.45) is 0 Å². The number of hydrogen-bond donors (Lipinski definition) is 4. The summed E-state index contributed by atoms with van der Waals surface area (Å²) in [6.07, 6.45) is 2.98. The van der Waals surface area contributed by atoms with Crippen LogP contribution in [-0.4, -0.2) is 110 Å². The Hall–Kier alpha value is -2.61. The molecular weight excluding hydrogens is 492 g/mol. The summed E-state index contributed by atoms with van der Waals surface area (Å²) in [6.45, 7) is 11.8. The van der Waals surface area contributed by atoms with E-state index in [0.717, 1.165) is 37.8 Å². The maximum atomic E-state index is 10.8. The van der Waals surface area contributed by atoms with E-state index in [0.29, 0.717) is 13.2 Å². The normalized spacial score (nSPS) is 12.7. The summed E-state index contributed by atoms with van der Waals surface area (Å²) >= 11 is 0. The lowest BCUT2D eigenvalue weighted by atomic mass is 10.2. The molecule has 3 atom stereocenters. The van der Waals surface area contributed by atoms with Crippen LogP contribution in [0, 0.1) is 0 Å². The molecule has 0 aromatic rings. The zero-order chi connectivity index (χ0) is 28.5. The lowest BCUT2D eigenvalue weighted by Crippen LogP contribution is -2.23. The number of carbonyl (C=O) groups is 3. The number of unbranched alkanes of at least 4 members (excludes halogenated alkanes) is 3. The first kappa shape index (κ1) is 36.5. The molecule has 37 heavy (non-hydrogen) atoms. The van der Waals surface area contributed by atoms with Gasteiger partial charge >= 0.3 is 17.9 Å². The minimum absolute atomic E-state index is 0.110. The molecule has 0 aliphatic rings. The topological polar surface area (TPSA) is 178 Å². The summed E-state index contributed by atoms with van der Waals surface area (Å²) in [5, 5.41) is 36.1. The average molecular weight is 535 g/mol. The fraction of sp³-hybridized carbons (Fsp3) is 0.640. The molecule has 12 nitrogen and oxygen atoms in total. The highest BCUT2D eigenvalue weighted by Gasteiger charge is 2.08. The third-order valence-corrected chi connectivity index (χ3v) is 4.08. The van der Waals surface area contributed by atoms with Gasteiger partial charge in [0.25, 0.3) is 0 Å². The Morgan fingerprint density at radius 3 is 1.46 bits per heavy atom. The van der Waals surface area contributed by atoms with Gasteiger partial charge in [0.2, 0.25) is 0 Å². The summed E-state index contributed by atoms with van der Waals surface area (Å²) in [5.74, 6) is -1.70. The van der Waals surface area contributed by atoms with Crippen LogP contribution in [0.3, 0.4) is 0 Å². The standard InChI is InChI=1S/C18H30O8.C7H12O4/c1-3-17(21)25-13-15(19)11-23-9-7-5-6-8-10-24-12-16(20)14-26-18(22)4-2;1-5(2)7(10)11-4-6(9)3-8/h3-4,15-16,19-20H,1-2,5-14H2;6,8-9H,1,3-4H2,2H3. The van der Waals surface area contributed by atoms with Crippen LogP contribution in [0.15, 0.2) is 37.5 Å². The van der Waals surface area contributed by atoms with Crippen molar-refractivity contribution in [3.05, 3.63) is 37.5 Å². The summed E-state index contributed by atoms with van der Waals surface area (Å²) in [6, 6.07) is 0. The van der Waals surface area contributed by atoms with Gasteiger partial charge in [-0.25, -0.2) is 14.4 Å². The van der Waals surface area contributed by atoms with Crippen LogP contribution < -0.4 is 0 Å². The van der Waals surface area contributed by atoms with Gasteiger partial charge in [0, 0.05) is 30.9 Å². The van der Waals surface area contributed by atoms with Gasteiger partial charge in [0.15, 0.2) is 0 Å². The minimum Gasteiger partial charge on any atom is -0.460 e. The smallest absolute Gasteiger partial charge is 0.333 e. The number of aliphatic hydroxyl groups excluding tert-OH is 4. The minimum atomic E-state index is -1.00. The highest BCUT2D eigenvalue weighted by molar-refractivity contribution is 5.86. The van der Waals surface area contributed by atoms with Crippen molar-refractivity contribution in [2.75, 3.05) is 52.9 Å². The van der Waals surface area contributed by atoms with Crippen LogP contribution in [0.4, 0.5) is 0 Å². The third kappa shape index (κ3) is 26.3. The van der Waals surface area contributed by atoms with Crippen molar-refractivity contribution in [1.29, 1.82) is 0 Å². The van der Waals surface area contributed by atoms with E-state index in [-0.39, 0.29) is 38.6 Å². The van der Waals surface area contributed by atoms with Crippen molar-refractivity contribution in [1.82, 2.24) is 0 Å². The molecule has 0 saturated carbocycles. The monoisotopic (exact) mass is 534 g/mol. The van der Waals surface area contributed by atoms with Gasteiger partial charge in [-0.1, -0.05) is 32.6 Å². The Balaban J connectivity index is 0. The van der Waals surface area contributed by atoms with Gasteiger partial charge in [-0.05, 0) is 19.8 Å². The summed E-state index contributed by atoms with van der Waals surface area (Å²) in [5.41, 5.74) is 0.273. The quantitative estimate of drug-likeness (QED) is 0.0682. The molecule has 0 bridgehead atoms. The molecule has 4 N–H and O–H groups in total. The van der Waals surface area contributed by atoms with Crippen molar-refractivity contribution in [3.63, 3.8) is 0 Å². The first-order valence-electron chi connectivity index (χ1n) is 11.8. The van der Waals surface area contributed by atoms with E-state index < -0.39 is 42.8 Å². The summed E-state index contributed by atoms with van der Waals surface area (Å²) in [4.78, 5) is 32.3. The Morgan fingerprint density at radius 2 is 1.11 bits per heavy atom. The lowest BCUT2D eigenvalue weighted by Gasteiger charge is -2.11. The molecule has 0 aliphatic heterocycles. The molecule has 214 valence electrons. The molecule has 0 spiro atoms. The largest absolute Gasteiger partial charge is 0.460 e. The number of esters is 3. The van der Waals surface area contributed by atoms with Crippen molar-refractivity contribution in [2.45, 2.75) is 50.9 Å². The molecule has 0 heterocycles. The van der Waals surface area contributed by atoms with Crippen LogP contribution >= 0.6 is 0 Å². The Labute approximate surface area is 218 Å². The molecule has 0 aliphatic carbocycles. The second kappa shape index (κ2) is 25.1. The number of rotatable bonds is 21. The maximum Gasteiger partial charge on any atom is 0.333 e. The zero-order valence-electron chi connectivity index (χ0n) is 21.5. The predicted octanol–water partition coefficient (Wildman–Crippen LogP) is 0.219. The van der Waals surface area contributed by atoms with Gasteiger partial charge in [-0.15, -0.1) is 0 Å². The second-order valence-corrected chi connectivity index (χ2v) is 7.76. The molecule has 0 fully saturated rings. The van der Waals surface area contributed by atoms with Crippen LogP contribution in [0.5, 0.6) is 0 Å². The summed E-state index contributed by atoms with van der Waals surface area (Å²) < 4.78 is 24.5. The van der Waals surface area contributed by atoms with Gasteiger partial charge in [0.05, 0.1) is 19.8 Å². The van der Waals surface area contributed by atoms with E-state index in [1.807, 2.05) is 0 Å². The van der Waals surface area contributed by atoms with Gasteiger partial charge in [-0.3, -0.25) is 0 Å². The molecule has 0 rings (SSSR count). The highest BCUT2D eigenvalue weighted by atomic mass is 16.6. The molecule has 0 aromatic heterocycles. The van der Waals surface area contributed by atoms with E-state index in [1.54, 1.807) is 0 Å². The fourth-order valence-electron chi connectivity index (χ4n) is 2.12. The van der Waals surface area contributed by atoms with Crippen molar-refractivity contribution in [3.8, 4) is 0 Å². The number of ether oxygens (including phenoxy) is 5. The molecule has 0 radical (unpaired) electrons. The molecule has 0 saturated heterocycles. The lowest BCUT2D eigenvalue weighted by molar-refractivity contribution is -0.143. The van der Waals surface area contributed by atoms with E-state index in [1.165, 1.54) is 6.92 Å². The van der Waals surface area contributed by atoms with E-state index in [9.17, 15) is 24.6 Å². The first-order chi connectivity index (χ1) is 17.6. The number of carbonyl (C=O) groups excluding carboxylic acids is 3. The highest BCUT2D eigenvalue weighted by Crippen LogP contribution is 2.02. The Bertz CT molecular complexity index is 626. The molecule has 3 unspecified atom stereocenters. The van der Waals surface area contributed by atoms with Crippen LogP contribution in [-0.2, 0) is 38.1 Å². The van der Waals surface area contributed by atoms with E-state index in [2.05, 4.69) is 33.9 Å².